The van der Waals surface area contributed by atoms with E-state index in [0.29, 0.717) is 6.61 Å². The zero-order chi connectivity index (χ0) is 13.3. The minimum absolute atomic E-state index is 0.591. The molecule has 3 heteroatoms. The lowest BCUT2D eigenvalue weighted by molar-refractivity contribution is 0.183. The number of rotatable bonds is 4. The predicted molar refractivity (Wildman–Crippen MR) is 73.9 cm³/mol. The molecule has 0 spiro atoms. The summed E-state index contributed by atoms with van der Waals surface area (Å²) in [6.45, 7) is 7.68. The molecule has 0 atom stereocenters. The maximum atomic E-state index is 6.04. The zero-order valence-electron chi connectivity index (χ0n) is 11.8. The van der Waals surface area contributed by atoms with Crippen molar-refractivity contribution in [2.75, 3.05) is 14.2 Å². The highest BCUT2D eigenvalue weighted by Crippen LogP contribution is 2.33. The van der Waals surface area contributed by atoms with Crippen molar-refractivity contribution in [1.82, 2.24) is 5.32 Å². The molecule has 0 amide bonds. The molecule has 1 aromatic carbocycles. The van der Waals surface area contributed by atoms with Crippen molar-refractivity contribution in [3.63, 3.8) is 0 Å². The van der Waals surface area contributed by atoms with Crippen molar-refractivity contribution in [1.29, 1.82) is 0 Å². The van der Waals surface area contributed by atoms with E-state index in [1.54, 1.807) is 7.11 Å². The van der Waals surface area contributed by atoms with Gasteiger partial charge < -0.3 is 14.5 Å². The fourth-order valence-electron chi connectivity index (χ4n) is 2.48. The molecule has 0 aliphatic heterocycles. The van der Waals surface area contributed by atoms with Crippen LogP contribution in [0.1, 0.15) is 28.0 Å². The standard InChI is InChI=1S/C15H21NO2/c1-9-6-10(2)14-12(8-17-5)13(7-16-4)18-15(14)11(9)3/h6,16H,7-8H2,1-5H3. The highest BCUT2D eigenvalue weighted by atomic mass is 16.5. The van der Waals surface area contributed by atoms with Gasteiger partial charge in [0, 0.05) is 18.1 Å². The van der Waals surface area contributed by atoms with Gasteiger partial charge in [-0.05, 0) is 44.5 Å². The maximum absolute atomic E-state index is 6.04. The highest BCUT2D eigenvalue weighted by Gasteiger charge is 2.17. The predicted octanol–water partition coefficient (Wildman–Crippen LogP) is 3.22. The molecule has 0 saturated heterocycles. The second-order valence-electron chi connectivity index (χ2n) is 4.81. The molecule has 18 heavy (non-hydrogen) atoms. The Balaban J connectivity index is 2.75. The molecule has 0 aliphatic rings. The Morgan fingerprint density at radius 2 is 1.94 bits per heavy atom. The molecule has 0 fully saturated rings. The summed E-state index contributed by atoms with van der Waals surface area (Å²) in [5.74, 6) is 0.978. The first kappa shape index (κ1) is 13.1. The third kappa shape index (κ3) is 2.04. The first-order chi connectivity index (χ1) is 8.60. The molecule has 3 nitrogen and oxygen atoms in total. The van der Waals surface area contributed by atoms with E-state index in [9.17, 15) is 0 Å². The van der Waals surface area contributed by atoms with Crippen molar-refractivity contribution in [3.05, 3.63) is 34.1 Å². The maximum Gasteiger partial charge on any atom is 0.138 e. The summed E-state index contributed by atoms with van der Waals surface area (Å²) in [6.07, 6.45) is 0. The first-order valence-electron chi connectivity index (χ1n) is 6.24. The minimum Gasteiger partial charge on any atom is -0.459 e. The molecular weight excluding hydrogens is 226 g/mol. The van der Waals surface area contributed by atoms with E-state index in [1.807, 2.05) is 7.05 Å². The van der Waals surface area contributed by atoms with Gasteiger partial charge in [0.25, 0.3) is 0 Å². The molecule has 2 rings (SSSR count). The molecule has 0 aliphatic carbocycles. The fourth-order valence-corrected chi connectivity index (χ4v) is 2.48. The second-order valence-corrected chi connectivity index (χ2v) is 4.81. The van der Waals surface area contributed by atoms with E-state index >= 15 is 0 Å². The van der Waals surface area contributed by atoms with Crippen LogP contribution in [0, 0.1) is 20.8 Å². The van der Waals surface area contributed by atoms with E-state index in [2.05, 4.69) is 32.2 Å². The molecule has 1 heterocycles. The van der Waals surface area contributed by atoms with E-state index < -0.39 is 0 Å². The number of aryl methyl sites for hydroxylation is 3. The quantitative estimate of drug-likeness (QED) is 0.900. The summed E-state index contributed by atoms with van der Waals surface area (Å²) >= 11 is 0. The monoisotopic (exact) mass is 247 g/mol. The summed E-state index contributed by atoms with van der Waals surface area (Å²) in [5.41, 5.74) is 5.92. The molecule has 0 radical (unpaired) electrons. The van der Waals surface area contributed by atoms with Crippen LogP contribution in [0.15, 0.2) is 10.5 Å². The molecule has 1 aromatic heterocycles. The minimum atomic E-state index is 0.591. The Bertz CT molecular complexity index is 570. The van der Waals surface area contributed by atoms with Crippen molar-refractivity contribution in [2.45, 2.75) is 33.9 Å². The number of nitrogens with one attached hydrogen (secondary N) is 1. The smallest absolute Gasteiger partial charge is 0.138 e. The Kier molecular flexibility index (Phi) is 3.73. The molecule has 1 N–H and O–H groups in total. The number of ether oxygens (including phenoxy) is 1. The summed E-state index contributed by atoms with van der Waals surface area (Å²) in [7, 11) is 3.65. The van der Waals surface area contributed by atoms with Crippen LogP contribution in [0.25, 0.3) is 11.0 Å². The molecule has 0 unspecified atom stereocenters. The van der Waals surface area contributed by atoms with Gasteiger partial charge >= 0.3 is 0 Å². The lowest BCUT2D eigenvalue weighted by Gasteiger charge is -2.05. The summed E-state index contributed by atoms with van der Waals surface area (Å²) in [6, 6.07) is 2.22. The van der Waals surface area contributed by atoms with Gasteiger partial charge in [0.2, 0.25) is 0 Å². The number of benzene rings is 1. The van der Waals surface area contributed by atoms with Crippen LogP contribution in [-0.2, 0) is 17.9 Å². The van der Waals surface area contributed by atoms with Crippen molar-refractivity contribution >= 4 is 11.0 Å². The van der Waals surface area contributed by atoms with E-state index in [-0.39, 0.29) is 0 Å². The van der Waals surface area contributed by atoms with Crippen LogP contribution in [0.5, 0.6) is 0 Å². The van der Waals surface area contributed by atoms with Crippen LogP contribution in [0.2, 0.25) is 0 Å². The Labute approximate surface area is 108 Å². The van der Waals surface area contributed by atoms with Gasteiger partial charge in [-0.3, -0.25) is 0 Å². The highest BCUT2D eigenvalue weighted by molar-refractivity contribution is 5.89. The summed E-state index contributed by atoms with van der Waals surface area (Å²) in [5, 5.41) is 4.36. The Morgan fingerprint density at radius 1 is 1.22 bits per heavy atom. The number of hydrogen-bond donors (Lipinski definition) is 1. The van der Waals surface area contributed by atoms with Gasteiger partial charge in [0.15, 0.2) is 0 Å². The molecule has 2 aromatic rings. The third-order valence-electron chi connectivity index (χ3n) is 3.48. The number of methoxy groups -OCH3 is 1. The van der Waals surface area contributed by atoms with Crippen LogP contribution >= 0.6 is 0 Å². The number of furan rings is 1. The zero-order valence-corrected chi connectivity index (χ0v) is 11.8. The fraction of sp³-hybridized carbons (Fsp3) is 0.467. The number of hydrogen-bond acceptors (Lipinski definition) is 3. The van der Waals surface area contributed by atoms with Crippen molar-refractivity contribution in [3.8, 4) is 0 Å². The van der Waals surface area contributed by atoms with Gasteiger partial charge in [-0.25, -0.2) is 0 Å². The van der Waals surface area contributed by atoms with Crippen LogP contribution in [-0.4, -0.2) is 14.2 Å². The van der Waals surface area contributed by atoms with Gasteiger partial charge in [-0.15, -0.1) is 0 Å². The first-order valence-corrected chi connectivity index (χ1v) is 6.24. The lowest BCUT2D eigenvalue weighted by Crippen LogP contribution is -2.06. The molecular formula is C15H21NO2. The van der Waals surface area contributed by atoms with E-state index in [0.717, 1.165) is 17.9 Å². The molecule has 98 valence electrons. The Morgan fingerprint density at radius 3 is 2.56 bits per heavy atom. The largest absolute Gasteiger partial charge is 0.459 e. The summed E-state index contributed by atoms with van der Waals surface area (Å²) < 4.78 is 11.4. The topological polar surface area (TPSA) is 34.4 Å². The number of fused-ring (bicyclic) bond motifs is 1. The SMILES string of the molecule is CNCc1oc2c(C)c(C)cc(C)c2c1COC. The van der Waals surface area contributed by atoms with Gasteiger partial charge in [0.05, 0.1) is 13.2 Å². The lowest BCUT2D eigenvalue weighted by atomic mass is 9.99. The third-order valence-corrected chi connectivity index (χ3v) is 3.48. The van der Waals surface area contributed by atoms with Crippen LogP contribution < -0.4 is 5.32 Å². The Hall–Kier alpha value is -1.32. The van der Waals surface area contributed by atoms with Gasteiger partial charge in [0.1, 0.15) is 11.3 Å². The summed E-state index contributed by atoms with van der Waals surface area (Å²) in [4.78, 5) is 0. The average molecular weight is 247 g/mol. The molecule has 0 saturated carbocycles. The van der Waals surface area contributed by atoms with E-state index in [1.165, 1.54) is 27.6 Å². The normalized spacial score (nSPS) is 11.4. The van der Waals surface area contributed by atoms with Crippen molar-refractivity contribution in [2.24, 2.45) is 0 Å². The van der Waals surface area contributed by atoms with Gasteiger partial charge in [-0.2, -0.15) is 0 Å². The average Bonchev–Trinajstić information content (AvgIpc) is 2.67. The van der Waals surface area contributed by atoms with Crippen LogP contribution in [0.3, 0.4) is 0 Å². The van der Waals surface area contributed by atoms with E-state index in [4.69, 9.17) is 9.15 Å². The van der Waals surface area contributed by atoms with Crippen molar-refractivity contribution < 1.29 is 9.15 Å². The van der Waals surface area contributed by atoms with Crippen LogP contribution in [0.4, 0.5) is 0 Å². The van der Waals surface area contributed by atoms with Gasteiger partial charge in [-0.1, -0.05) is 6.07 Å². The molecule has 0 bridgehead atoms. The second kappa shape index (κ2) is 5.12.